The fourth-order valence-corrected chi connectivity index (χ4v) is 3.95. The molecule has 0 radical (unpaired) electrons. The molecule has 0 N–H and O–H groups in total. The molecule has 1 aliphatic heterocycles. The maximum atomic E-state index is 11.9. The van der Waals surface area contributed by atoms with Gasteiger partial charge in [-0.1, -0.05) is 6.92 Å². The molecule has 1 unspecified atom stereocenters. The van der Waals surface area contributed by atoms with Gasteiger partial charge in [0.1, 0.15) is 5.76 Å². The maximum Gasteiger partial charge on any atom is 0.222 e. The highest BCUT2D eigenvalue weighted by Crippen LogP contribution is 2.21. The van der Waals surface area contributed by atoms with Crippen LogP contribution in [0.3, 0.4) is 0 Å². The molecule has 1 aromatic heterocycles. The van der Waals surface area contributed by atoms with Crippen LogP contribution in [0.15, 0.2) is 22.8 Å². The fraction of sp³-hybridized carbons (Fsp3) is 0.583. The van der Waals surface area contributed by atoms with E-state index in [1.165, 1.54) is 0 Å². The normalized spacial score (nSPS) is 21.9. The van der Waals surface area contributed by atoms with Crippen molar-refractivity contribution in [3.63, 3.8) is 0 Å². The Labute approximate surface area is 107 Å². The summed E-state index contributed by atoms with van der Waals surface area (Å²) in [6.45, 7) is 2.13. The molecule has 5 nitrogen and oxygen atoms in total. The number of amides is 1. The van der Waals surface area contributed by atoms with Gasteiger partial charge >= 0.3 is 0 Å². The topological polar surface area (TPSA) is 67.6 Å². The lowest BCUT2D eigenvalue weighted by atomic mass is 10.2. The van der Waals surface area contributed by atoms with Crippen molar-refractivity contribution < 1.29 is 17.6 Å². The first-order valence-electron chi connectivity index (χ1n) is 6.04. The van der Waals surface area contributed by atoms with Gasteiger partial charge in [-0.05, 0) is 18.6 Å². The Balaban J connectivity index is 2.13. The lowest BCUT2D eigenvalue weighted by molar-refractivity contribution is -0.133. The van der Waals surface area contributed by atoms with Crippen molar-refractivity contribution in [2.75, 3.05) is 11.5 Å². The molecular weight excluding hydrogens is 254 g/mol. The minimum Gasteiger partial charge on any atom is -0.467 e. The van der Waals surface area contributed by atoms with E-state index in [2.05, 4.69) is 0 Å². The molecule has 1 aliphatic rings. The largest absolute Gasteiger partial charge is 0.467 e. The highest BCUT2D eigenvalue weighted by molar-refractivity contribution is 7.91. The number of furan rings is 1. The summed E-state index contributed by atoms with van der Waals surface area (Å²) in [4.78, 5) is 13.6. The third-order valence-corrected chi connectivity index (χ3v) is 4.93. The van der Waals surface area contributed by atoms with Crippen LogP contribution in [-0.4, -0.2) is 36.8 Å². The summed E-state index contributed by atoms with van der Waals surface area (Å²) in [5.74, 6) is 0.887. The average Bonchev–Trinajstić information content (AvgIpc) is 2.94. The first kappa shape index (κ1) is 13.1. The van der Waals surface area contributed by atoms with Gasteiger partial charge in [-0.15, -0.1) is 0 Å². The third-order valence-electron chi connectivity index (χ3n) is 3.18. The number of nitrogens with zero attached hydrogens (tertiary/aromatic N) is 1. The van der Waals surface area contributed by atoms with Crippen molar-refractivity contribution in [3.05, 3.63) is 24.2 Å². The van der Waals surface area contributed by atoms with Crippen molar-refractivity contribution >= 4 is 15.7 Å². The highest BCUT2D eigenvalue weighted by Gasteiger charge is 2.34. The Hall–Kier alpha value is -1.30. The first-order valence-corrected chi connectivity index (χ1v) is 7.86. The van der Waals surface area contributed by atoms with E-state index in [9.17, 15) is 13.2 Å². The van der Waals surface area contributed by atoms with Crippen molar-refractivity contribution in [1.29, 1.82) is 0 Å². The molecular formula is C12H17NO4S. The van der Waals surface area contributed by atoms with Crippen LogP contribution in [0.25, 0.3) is 0 Å². The standard InChI is InChI=1S/C12H17NO4S/c1-2-12(14)13(8-11-4-3-6-17-11)10-5-7-18(15,16)9-10/h3-4,6,10H,2,5,7-9H2,1H3. The van der Waals surface area contributed by atoms with Gasteiger partial charge in [-0.3, -0.25) is 4.79 Å². The summed E-state index contributed by atoms with van der Waals surface area (Å²) in [5.41, 5.74) is 0. The zero-order valence-corrected chi connectivity index (χ0v) is 11.1. The zero-order valence-electron chi connectivity index (χ0n) is 10.3. The second kappa shape index (κ2) is 5.14. The van der Waals surface area contributed by atoms with E-state index in [4.69, 9.17) is 4.42 Å². The van der Waals surface area contributed by atoms with Crippen LogP contribution in [0.2, 0.25) is 0 Å². The predicted octanol–water partition coefficient (Wildman–Crippen LogP) is 1.21. The molecule has 1 amide bonds. The molecule has 2 heterocycles. The summed E-state index contributed by atoms with van der Waals surface area (Å²) >= 11 is 0. The van der Waals surface area contributed by atoms with Gasteiger partial charge in [0.2, 0.25) is 5.91 Å². The molecule has 0 aliphatic carbocycles. The number of carbonyl (C=O) groups excluding carboxylic acids is 1. The van der Waals surface area contributed by atoms with Crippen molar-refractivity contribution in [2.45, 2.75) is 32.4 Å². The van der Waals surface area contributed by atoms with E-state index in [1.54, 1.807) is 30.2 Å². The van der Waals surface area contributed by atoms with Crippen LogP contribution in [0.1, 0.15) is 25.5 Å². The Morgan fingerprint density at radius 3 is 2.83 bits per heavy atom. The molecule has 100 valence electrons. The molecule has 1 aromatic rings. The van der Waals surface area contributed by atoms with Gasteiger partial charge in [-0.2, -0.15) is 0 Å². The van der Waals surface area contributed by atoms with Crippen LogP contribution in [0.5, 0.6) is 0 Å². The fourth-order valence-electron chi connectivity index (χ4n) is 2.22. The molecule has 0 bridgehead atoms. The van der Waals surface area contributed by atoms with Crippen LogP contribution in [0, 0.1) is 0 Å². The summed E-state index contributed by atoms with van der Waals surface area (Å²) in [5, 5.41) is 0. The number of hydrogen-bond acceptors (Lipinski definition) is 4. The molecule has 6 heteroatoms. The third kappa shape index (κ3) is 2.93. The Morgan fingerprint density at radius 1 is 1.56 bits per heavy atom. The first-order chi connectivity index (χ1) is 8.52. The minimum absolute atomic E-state index is 0.0338. The van der Waals surface area contributed by atoms with Crippen LogP contribution < -0.4 is 0 Å². The van der Waals surface area contributed by atoms with Gasteiger partial charge in [0.05, 0.1) is 24.3 Å². The molecule has 0 spiro atoms. The van der Waals surface area contributed by atoms with E-state index >= 15 is 0 Å². The number of carbonyl (C=O) groups is 1. The Morgan fingerprint density at radius 2 is 2.33 bits per heavy atom. The minimum atomic E-state index is -2.99. The second-order valence-corrected chi connectivity index (χ2v) is 6.74. The summed E-state index contributed by atoms with van der Waals surface area (Å²) in [6, 6.07) is 3.34. The number of sulfone groups is 1. The summed E-state index contributed by atoms with van der Waals surface area (Å²) in [6.07, 6.45) is 2.45. The molecule has 0 saturated carbocycles. The van der Waals surface area contributed by atoms with E-state index in [0.717, 1.165) is 0 Å². The summed E-state index contributed by atoms with van der Waals surface area (Å²) < 4.78 is 28.2. The van der Waals surface area contributed by atoms with E-state index in [1.807, 2.05) is 0 Å². The molecule has 1 fully saturated rings. The van der Waals surface area contributed by atoms with Crippen molar-refractivity contribution in [2.24, 2.45) is 0 Å². The quantitative estimate of drug-likeness (QED) is 0.825. The van der Waals surface area contributed by atoms with E-state index < -0.39 is 9.84 Å². The highest BCUT2D eigenvalue weighted by atomic mass is 32.2. The van der Waals surface area contributed by atoms with Crippen molar-refractivity contribution in [3.8, 4) is 0 Å². The smallest absolute Gasteiger partial charge is 0.222 e. The molecule has 1 atom stereocenters. The maximum absolute atomic E-state index is 11.9. The Kier molecular flexibility index (Phi) is 3.75. The van der Waals surface area contributed by atoms with E-state index in [-0.39, 0.29) is 23.5 Å². The monoisotopic (exact) mass is 271 g/mol. The van der Waals surface area contributed by atoms with Gasteiger partial charge in [0, 0.05) is 12.5 Å². The average molecular weight is 271 g/mol. The van der Waals surface area contributed by atoms with Gasteiger partial charge in [0.25, 0.3) is 0 Å². The van der Waals surface area contributed by atoms with Crippen molar-refractivity contribution in [1.82, 2.24) is 4.90 Å². The lowest BCUT2D eigenvalue weighted by Gasteiger charge is -2.27. The number of hydrogen-bond donors (Lipinski definition) is 0. The molecule has 0 aromatic carbocycles. The number of rotatable bonds is 4. The molecule has 2 rings (SSSR count). The van der Waals surface area contributed by atoms with Gasteiger partial charge in [0.15, 0.2) is 9.84 Å². The van der Waals surface area contributed by atoms with Gasteiger partial charge < -0.3 is 9.32 Å². The summed E-state index contributed by atoms with van der Waals surface area (Å²) in [7, 11) is -2.99. The molecule has 1 saturated heterocycles. The lowest BCUT2D eigenvalue weighted by Crippen LogP contribution is -2.40. The second-order valence-electron chi connectivity index (χ2n) is 4.51. The van der Waals surface area contributed by atoms with Gasteiger partial charge in [-0.25, -0.2) is 8.42 Å². The van der Waals surface area contributed by atoms with Crippen LogP contribution >= 0.6 is 0 Å². The SMILES string of the molecule is CCC(=O)N(Cc1ccco1)C1CCS(=O)(=O)C1. The zero-order chi connectivity index (χ0) is 13.2. The molecule has 18 heavy (non-hydrogen) atoms. The van der Waals surface area contributed by atoms with Crippen LogP contribution in [0.4, 0.5) is 0 Å². The van der Waals surface area contributed by atoms with Crippen LogP contribution in [-0.2, 0) is 21.2 Å². The predicted molar refractivity (Wildman–Crippen MR) is 66.6 cm³/mol. The Bertz CT molecular complexity index is 506. The van der Waals surface area contributed by atoms with E-state index in [0.29, 0.717) is 25.1 Å².